The highest BCUT2D eigenvalue weighted by molar-refractivity contribution is 7.17. The van der Waals surface area contributed by atoms with E-state index in [4.69, 9.17) is 16.3 Å². The standard InChI is InChI=1S/C20H26ClN3O2S/c1-14-18(19(25)22-9-3-4-10-24-11-5-6-12-24)27-20(23-14)16-13-15(21)7-8-17(16)26-2/h7-8,13H,3-6,9-12H2,1-2H3,(H,22,25). The second kappa shape index (κ2) is 9.53. The van der Waals surface area contributed by atoms with Gasteiger partial charge in [-0.3, -0.25) is 4.79 Å². The fourth-order valence-electron chi connectivity index (χ4n) is 3.32. The molecule has 27 heavy (non-hydrogen) atoms. The van der Waals surface area contributed by atoms with Crippen LogP contribution in [-0.4, -0.2) is 49.1 Å². The van der Waals surface area contributed by atoms with Crippen LogP contribution in [0.1, 0.15) is 41.0 Å². The van der Waals surface area contributed by atoms with Crippen molar-refractivity contribution in [2.45, 2.75) is 32.6 Å². The van der Waals surface area contributed by atoms with E-state index in [9.17, 15) is 4.79 Å². The number of hydrogen-bond donors (Lipinski definition) is 1. The molecule has 0 saturated carbocycles. The SMILES string of the molecule is COc1ccc(Cl)cc1-c1nc(C)c(C(=O)NCCCCN2CCCC2)s1. The minimum atomic E-state index is -0.0570. The van der Waals surface area contributed by atoms with Crippen molar-refractivity contribution in [1.29, 1.82) is 0 Å². The van der Waals surface area contributed by atoms with E-state index in [1.54, 1.807) is 13.2 Å². The molecule has 0 unspecified atom stereocenters. The monoisotopic (exact) mass is 407 g/mol. The first-order valence-corrected chi connectivity index (χ1v) is 10.6. The highest BCUT2D eigenvalue weighted by atomic mass is 35.5. The minimum absolute atomic E-state index is 0.0570. The summed E-state index contributed by atoms with van der Waals surface area (Å²) >= 11 is 7.49. The maximum absolute atomic E-state index is 12.5. The molecule has 1 fully saturated rings. The molecular formula is C20H26ClN3O2S. The summed E-state index contributed by atoms with van der Waals surface area (Å²) in [5, 5.41) is 4.38. The lowest BCUT2D eigenvalue weighted by Gasteiger charge is -2.13. The number of likely N-dealkylation sites (tertiary alicyclic amines) is 1. The average Bonchev–Trinajstić information content (AvgIpc) is 3.31. The molecule has 1 N–H and O–H groups in total. The molecule has 1 aromatic heterocycles. The van der Waals surface area contributed by atoms with E-state index < -0.39 is 0 Å². The lowest BCUT2D eigenvalue weighted by Crippen LogP contribution is -2.26. The van der Waals surface area contributed by atoms with Crippen LogP contribution >= 0.6 is 22.9 Å². The van der Waals surface area contributed by atoms with E-state index in [2.05, 4.69) is 15.2 Å². The van der Waals surface area contributed by atoms with Gasteiger partial charge in [-0.25, -0.2) is 4.98 Å². The van der Waals surface area contributed by atoms with Crippen LogP contribution in [-0.2, 0) is 0 Å². The number of amides is 1. The van der Waals surface area contributed by atoms with Crippen LogP contribution in [0.5, 0.6) is 5.75 Å². The summed E-state index contributed by atoms with van der Waals surface area (Å²) < 4.78 is 5.40. The molecule has 0 spiro atoms. The third kappa shape index (κ3) is 5.21. The first kappa shape index (κ1) is 20.1. The van der Waals surface area contributed by atoms with E-state index >= 15 is 0 Å². The molecule has 7 heteroatoms. The van der Waals surface area contributed by atoms with Crippen LogP contribution < -0.4 is 10.1 Å². The summed E-state index contributed by atoms with van der Waals surface area (Å²) in [6.07, 6.45) is 4.75. The quantitative estimate of drug-likeness (QED) is 0.659. The van der Waals surface area contributed by atoms with Crippen molar-refractivity contribution in [2.24, 2.45) is 0 Å². The molecule has 1 aliphatic heterocycles. The van der Waals surface area contributed by atoms with Gasteiger partial charge in [-0.1, -0.05) is 11.6 Å². The lowest BCUT2D eigenvalue weighted by molar-refractivity contribution is 0.0956. The Morgan fingerprint density at radius 2 is 2.11 bits per heavy atom. The van der Waals surface area contributed by atoms with Crippen LogP contribution in [0.4, 0.5) is 0 Å². The third-order valence-corrected chi connectivity index (χ3v) is 6.20. The molecule has 0 bridgehead atoms. The molecule has 2 heterocycles. The average molecular weight is 408 g/mol. The zero-order chi connectivity index (χ0) is 19.2. The van der Waals surface area contributed by atoms with Crippen molar-refractivity contribution in [2.75, 3.05) is 33.3 Å². The summed E-state index contributed by atoms with van der Waals surface area (Å²) in [6.45, 7) is 6.14. The summed E-state index contributed by atoms with van der Waals surface area (Å²) in [6, 6.07) is 5.41. The zero-order valence-electron chi connectivity index (χ0n) is 15.9. The molecule has 1 aliphatic rings. The van der Waals surface area contributed by atoms with E-state index in [-0.39, 0.29) is 5.91 Å². The number of aromatic nitrogens is 1. The maximum Gasteiger partial charge on any atom is 0.263 e. The number of aryl methyl sites for hydroxylation is 1. The van der Waals surface area contributed by atoms with Crippen molar-refractivity contribution in [3.8, 4) is 16.3 Å². The molecular weight excluding hydrogens is 382 g/mol. The number of carbonyl (C=O) groups is 1. The number of unbranched alkanes of at least 4 members (excludes halogenated alkanes) is 1. The highest BCUT2D eigenvalue weighted by Gasteiger charge is 2.18. The minimum Gasteiger partial charge on any atom is -0.496 e. The number of rotatable bonds is 8. The first-order chi connectivity index (χ1) is 13.1. The summed E-state index contributed by atoms with van der Waals surface area (Å²) in [5.74, 6) is 0.639. The first-order valence-electron chi connectivity index (χ1n) is 9.40. The molecule has 2 aromatic rings. The van der Waals surface area contributed by atoms with Gasteiger partial charge in [-0.2, -0.15) is 0 Å². The lowest BCUT2D eigenvalue weighted by atomic mass is 10.2. The Labute approximate surface area is 169 Å². The Bertz CT molecular complexity index is 788. The Kier molecular flexibility index (Phi) is 7.10. The van der Waals surface area contributed by atoms with Gasteiger partial charge in [-0.05, 0) is 70.4 Å². The number of carbonyl (C=O) groups excluding carboxylic acids is 1. The summed E-state index contributed by atoms with van der Waals surface area (Å²) in [7, 11) is 1.61. The van der Waals surface area contributed by atoms with Gasteiger partial charge in [0.05, 0.1) is 18.4 Å². The Morgan fingerprint density at radius 3 is 2.85 bits per heavy atom. The third-order valence-electron chi connectivity index (χ3n) is 4.78. The van der Waals surface area contributed by atoms with Crippen molar-refractivity contribution in [3.05, 3.63) is 33.8 Å². The van der Waals surface area contributed by atoms with Gasteiger partial charge in [0.2, 0.25) is 0 Å². The van der Waals surface area contributed by atoms with E-state index in [1.807, 2.05) is 19.1 Å². The molecule has 0 radical (unpaired) electrons. The fourth-order valence-corrected chi connectivity index (χ4v) is 4.49. The molecule has 1 saturated heterocycles. The van der Waals surface area contributed by atoms with Crippen LogP contribution in [0.3, 0.4) is 0 Å². The molecule has 0 atom stereocenters. The van der Waals surface area contributed by atoms with E-state index in [0.29, 0.717) is 22.2 Å². The molecule has 5 nitrogen and oxygen atoms in total. The topological polar surface area (TPSA) is 54.5 Å². The maximum atomic E-state index is 12.5. The molecule has 146 valence electrons. The summed E-state index contributed by atoms with van der Waals surface area (Å²) in [5.41, 5.74) is 1.54. The van der Waals surface area contributed by atoms with Gasteiger partial charge < -0.3 is 15.0 Å². The number of halogens is 1. The number of ether oxygens (including phenoxy) is 1. The largest absolute Gasteiger partial charge is 0.496 e. The van der Waals surface area contributed by atoms with E-state index in [0.717, 1.165) is 35.7 Å². The highest BCUT2D eigenvalue weighted by Crippen LogP contribution is 2.36. The molecule has 1 amide bonds. The molecule has 1 aromatic carbocycles. The van der Waals surface area contributed by atoms with Gasteiger partial charge in [0.1, 0.15) is 15.6 Å². The number of hydrogen-bond acceptors (Lipinski definition) is 5. The van der Waals surface area contributed by atoms with Crippen LogP contribution in [0.2, 0.25) is 5.02 Å². The van der Waals surface area contributed by atoms with Crippen molar-refractivity contribution >= 4 is 28.8 Å². The number of thiazole rings is 1. The smallest absolute Gasteiger partial charge is 0.263 e. The predicted octanol–water partition coefficient (Wildman–Crippen LogP) is 4.39. The Hall–Kier alpha value is -1.63. The Balaban J connectivity index is 1.57. The molecule has 0 aliphatic carbocycles. The number of methoxy groups -OCH3 is 1. The van der Waals surface area contributed by atoms with Gasteiger partial charge in [-0.15, -0.1) is 11.3 Å². The second-order valence-corrected chi connectivity index (χ2v) is 8.23. The predicted molar refractivity (Wildman–Crippen MR) is 111 cm³/mol. The van der Waals surface area contributed by atoms with Crippen molar-refractivity contribution < 1.29 is 9.53 Å². The zero-order valence-corrected chi connectivity index (χ0v) is 17.5. The van der Waals surface area contributed by atoms with Gasteiger partial charge in [0.25, 0.3) is 5.91 Å². The second-order valence-electron chi connectivity index (χ2n) is 6.79. The number of benzene rings is 1. The van der Waals surface area contributed by atoms with Crippen LogP contribution in [0.15, 0.2) is 18.2 Å². The van der Waals surface area contributed by atoms with Crippen LogP contribution in [0, 0.1) is 6.92 Å². The van der Waals surface area contributed by atoms with Crippen molar-refractivity contribution in [1.82, 2.24) is 15.2 Å². The summed E-state index contributed by atoms with van der Waals surface area (Å²) in [4.78, 5) is 20.2. The normalized spacial score (nSPS) is 14.5. The van der Waals surface area contributed by atoms with Gasteiger partial charge in [0, 0.05) is 11.6 Å². The number of nitrogens with zero attached hydrogens (tertiary/aromatic N) is 2. The van der Waals surface area contributed by atoms with Gasteiger partial charge >= 0.3 is 0 Å². The Morgan fingerprint density at radius 1 is 1.33 bits per heavy atom. The molecule has 3 rings (SSSR count). The number of nitrogens with one attached hydrogen (secondary N) is 1. The van der Waals surface area contributed by atoms with Crippen molar-refractivity contribution in [3.63, 3.8) is 0 Å². The van der Waals surface area contributed by atoms with Gasteiger partial charge in [0.15, 0.2) is 0 Å². The fraction of sp³-hybridized carbons (Fsp3) is 0.500. The van der Waals surface area contributed by atoms with Crippen LogP contribution in [0.25, 0.3) is 10.6 Å². The van der Waals surface area contributed by atoms with E-state index in [1.165, 1.54) is 37.3 Å².